The van der Waals surface area contributed by atoms with E-state index in [1.807, 2.05) is 13.8 Å². The van der Waals surface area contributed by atoms with Gasteiger partial charge in [-0.1, -0.05) is 13.8 Å². The van der Waals surface area contributed by atoms with E-state index in [0.717, 1.165) is 28.4 Å². The van der Waals surface area contributed by atoms with Gasteiger partial charge in [-0.3, -0.25) is 4.79 Å². The van der Waals surface area contributed by atoms with Crippen molar-refractivity contribution >= 4 is 17.3 Å². The first-order valence-corrected chi connectivity index (χ1v) is 9.01. The summed E-state index contributed by atoms with van der Waals surface area (Å²) in [6.07, 6.45) is 1.63. The molecule has 5 atom stereocenters. The fourth-order valence-corrected chi connectivity index (χ4v) is 5.99. The third-order valence-corrected chi connectivity index (χ3v) is 7.39. The van der Waals surface area contributed by atoms with Gasteiger partial charge in [-0.25, -0.2) is 4.98 Å². The van der Waals surface area contributed by atoms with Gasteiger partial charge >= 0.3 is 5.97 Å². The summed E-state index contributed by atoms with van der Waals surface area (Å²) in [5.41, 5.74) is 0.0763. The Morgan fingerprint density at radius 2 is 2.13 bits per heavy atom. The smallest absolute Gasteiger partial charge is 0.304 e. The predicted molar refractivity (Wildman–Crippen MR) is 87.6 cm³/mol. The van der Waals surface area contributed by atoms with Gasteiger partial charge in [0.1, 0.15) is 0 Å². The van der Waals surface area contributed by atoms with Crippen molar-refractivity contribution in [2.24, 2.45) is 16.7 Å². The topological polar surface area (TPSA) is 90.7 Å². The lowest BCUT2D eigenvalue weighted by Gasteiger charge is -2.58. The van der Waals surface area contributed by atoms with Crippen molar-refractivity contribution in [2.75, 3.05) is 6.61 Å². The van der Waals surface area contributed by atoms with Crippen molar-refractivity contribution in [2.45, 2.75) is 58.5 Å². The number of aromatic nitrogens is 1. The number of aliphatic hydroxyl groups excluding tert-OH is 2. The maximum atomic E-state index is 11.5. The number of carboxylic acids is 1. The van der Waals surface area contributed by atoms with Crippen molar-refractivity contribution in [1.82, 2.24) is 4.98 Å². The predicted octanol–water partition coefficient (Wildman–Crippen LogP) is 2.34. The average Bonchev–Trinajstić information content (AvgIpc) is 2.85. The molecule has 128 valence electrons. The quantitative estimate of drug-likeness (QED) is 0.786. The molecule has 6 heteroatoms. The molecule has 1 heterocycles. The molecular formula is C17H25NO4S. The van der Waals surface area contributed by atoms with Crippen LogP contribution in [-0.4, -0.2) is 39.0 Å². The Labute approximate surface area is 140 Å². The first-order valence-electron chi connectivity index (χ1n) is 8.19. The summed E-state index contributed by atoms with van der Waals surface area (Å²) >= 11 is 1.62. The van der Waals surface area contributed by atoms with E-state index in [2.05, 4.69) is 11.9 Å². The second-order valence-corrected chi connectivity index (χ2v) is 8.96. The third kappa shape index (κ3) is 2.42. The fraction of sp³-hybridized carbons (Fsp3) is 0.765. The normalized spacial score (nSPS) is 39.6. The molecule has 0 unspecified atom stereocenters. The summed E-state index contributed by atoms with van der Waals surface area (Å²) in [6.45, 7) is 5.94. The minimum atomic E-state index is -0.815. The third-order valence-electron chi connectivity index (χ3n) is 6.38. The van der Waals surface area contributed by atoms with Crippen LogP contribution in [0.25, 0.3) is 0 Å². The van der Waals surface area contributed by atoms with Crippen LogP contribution in [0.1, 0.15) is 54.6 Å². The van der Waals surface area contributed by atoms with E-state index in [0.29, 0.717) is 6.42 Å². The fourth-order valence-electron chi connectivity index (χ4n) is 4.94. The maximum Gasteiger partial charge on any atom is 0.304 e. The summed E-state index contributed by atoms with van der Waals surface area (Å²) in [4.78, 5) is 17.2. The van der Waals surface area contributed by atoms with Gasteiger partial charge in [0.05, 0.1) is 29.8 Å². The van der Waals surface area contributed by atoms with Gasteiger partial charge in [-0.2, -0.15) is 0 Å². The number of aryl methyl sites for hydroxylation is 1. The van der Waals surface area contributed by atoms with Crippen LogP contribution >= 0.6 is 11.3 Å². The van der Waals surface area contributed by atoms with Crippen LogP contribution in [0, 0.1) is 23.7 Å². The molecule has 0 bridgehead atoms. The number of fused-ring (bicyclic) bond motifs is 2. The van der Waals surface area contributed by atoms with Crippen molar-refractivity contribution in [3.63, 3.8) is 0 Å². The SMILES string of the molecule is Cc1nc2c(s1)C[C@H]1[C@](C)(CO)[C@H](O)CC[C@@]1(C)[C@@H]2CC(=O)O. The van der Waals surface area contributed by atoms with E-state index in [1.54, 1.807) is 11.3 Å². The highest BCUT2D eigenvalue weighted by Crippen LogP contribution is 2.62. The molecule has 1 saturated carbocycles. The molecule has 23 heavy (non-hydrogen) atoms. The molecule has 1 fully saturated rings. The standard InChI is InChI=1S/C17H25NO4S/c1-9-18-15-10(6-14(21)22)16(2)5-4-13(20)17(3,8-19)12(16)7-11(15)23-9/h10,12-13,19-20H,4-8H2,1-3H3,(H,21,22)/t10-,12-,13-,16+,17+/m1/s1. The number of aliphatic hydroxyl groups is 2. The van der Waals surface area contributed by atoms with Crippen molar-refractivity contribution in [3.05, 3.63) is 15.6 Å². The highest BCUT2D eigenvalue weighted by Gasteiger charge is 2.59. The summed E-state index contributed by atoms with van der Waals surface area (Å²) in [5.74, 6) is -0.914. The van der Waals surface area contributed by atoms with Crippen LogP contribution < -0.4 is 0 Å². The summed E-state index contributed by atoms with van der Waals surface area (Å²) in [6, 6.07) is 0. The molecule has 3 rings (SSSR count). The van der Waals surface area contributed by atoms with Gasteiger partial charge in [0, 0.05) is 16.2 Å². The van der Waals surface area contributed by atoms with Crippen LogP contribution in [0.15, 0.2) is 0 Å². The van der Waals surface area contributed by atoms with E-state index < -0.39 is 17.5 Å². The van der Waals surface area contributed by atoms with Gasteiger partial charge in [-0.15, -0.1) is 11.3 Å². The number of thiazole rings is 1. The first kappa shape index (κ1) is 16.9. The molecule has 5 nitrogen and oxygen atoms in total. The Hall–Kier alpha value is -0.980. The zero-order valence-electron chi connectivity index (χ0n) is 13.9. The van der Waals surface area contributed by atoms with Crippen LogP contribution in [0.2, 0.25) is 0 Å². The lowest BCUT2D eigenvalue weighted by Crippen LogP contribution is -2.57. The zero-order chi connectivity index (χ0) is 17.0. The Kier molecular flexibility index (Phi) is 4.06. The first-order chi connectivity index (χ1) is 10.7. The van der Waals surface area contributed by atoms with Crippen LogP contribution in [0.4, 0.5) is 0 Å². The molecule has 0 amide bonds. The molecule has 1 aromatic rings. The summed E-state index contributed by atoms with van der Waals surface area (Å²) in [7, 11) is 0. The largest absolute Gasteiger partial charge is 0.481 e. The molecule has 1 aromatic heterocycles. The number of aliphatic carboxylic acids is 1. The molecule has 3 N–H and O–H groups in total. The molecule has 0 spiro atoms. The minimum absolute atomic E-state index is 0.0560. The molecule has 2 aliphatic rings. The number of hydrogen-bond donors (Lipinski definition) is 3. The second-order valence-electron chi connectivity index (χ2n) is 7.67. The van der Waals surface area contributed by atoms with Crippen LogP contribution in [0.3, 0.4) is 0 Å². The van der Waals surface area contributed by atoms with E-state index in [4.69, 9.17) is 0 Å². The van der Waals surface area contributed by atoms with Crippen LogP contribution in [0.5, 0.6) is 0 Å². The number of carbonyl (C=O) groups is 1. The molecule has 0 aliphatic heterocycles. The van der Waals surface area contributed by atoms with Gasteiger partial charge < -0.3 is 15.3 Å². The van der Waals surface area contributed by atoms with Gasteiger partial charge in [0.25, 0.3) is 0 Å². The molecular weight excluding hydrogens is 314 g/mol. The lowest BCUT2D eigenvalue weighted by molar-refractivity contribution is -0.150. The van der Waals surface area contributed by atoms with Crippen LogP contribution in [-0.2, 0) is 11.2 Å². The molecule has 2 aliphatic carbocycles. The van der Waals surface area contributed by atoms with Gasteiger partial charge in [0.2, 0.25) is 0 Å². The van der Waals surface area contributed by atoms with E-state index >= 15 is 0 Å². The summed E-state index contributed by atoms with van der Waals surface area (Å²) < 4.78 is 0. The number of nitrogens with zero attached hydrogens (tertiary/aromatic N) is 1. The maximum absolute atomic E-state index is 11.5. The Morgan fingerprint density at radius 1 is 1.43 bits per heavy atom. The van der Waals surface area contributed by atoms with E-state index in [9.17, 15) is 20.1 Å². The van der Waals surface area contributed by atoms with E-state index in [1.165, 1.54) is 0 Å². The van der Waals surface area contributed by atoms with Crippen molar-refractivity contribution in [1.29, 1.82) is 0 Å². The number of carboxylic acid groups (broad SMARTS) is 1. The molecule has 0 radical (unpaired) electrons. The summed E-state index contributed by atoms with van der Waals surface area (Å²) in [5, 5.41) is 30.9. The monoisotopic (exact) mass is 339 g/mol. The molecule has 0 saturated heterocycles. The number of hydrogen-bond acceptors (Lipinski definition) is 5. The Bertz CT molecular complexity index is 630. The number of rotatable bonds is 3. The zero-order valence-corrected chi connectivity index (χ0v) is 14.7. The van der Waals surface area contributed by atoms with Gasteiger partial charge in [0.15, 0.2) is 0 Å². The lowest BCUT2D eigenvalue weighted by atomic mass is 9.47. The molecule has 0 aromatic carbocycles. The second kappa shape index (κ2) is 5.53. The average molecular weight is 339 g/mol. The highest BCUT2D eigenvalue weighted by atomic mass is 32.1. The Morgan fingerprint density at radius 3 is 2.74 bits per heavy atom. The minimum Gasteiger partial charge on any atom is -0.481 e. The highest BCUT2D eigenvalue weighted by molar-refractivity contribution is 7.11. The van der Waals surface area contributed by atoms with Crippen molar-refractivity contribution in [3.8, 4) is 0 Å². The van der Waals surface area contributed by atoms with Gasteiger partial charge in [-0.05, 0) is 37.5 Å². The van der Waals surface area contributed by atoms with Crippen molar-refractivity contribution < 1.29 is 20.1 Å². The Balaban J connectivity index is 2.13. The van der Waals surface area contributed by atoms with E-state index in [-0.39, 0.29) is 30.3 Å².